The Morgan fingerprint density at radius 1 is 1.00 bits per heavy atom. The second kappa shape index (κ2) is 8.25. The van der Waals surface area contributed by atoms with Gasteiger partial charge in [-0.1, -0.05) is 38.1 Å². The summed E-state index contributed by atoms with van der Waals surface area (Å²) in [6, 6.07) is 15.0. The third kappa shape index (κ3) is 4.21. The van der Waals surface area contributed by atoms with E-state index in [1.54, 1.807) is 17.0 Å². The maximum Gasteiger partial charge on any atom is 0.259 e. The van der Waals surface area contributed by atoms with Crippen molar-refractivity contribution in [2.75, 3.05) is 31.1 Å². The summed E-state index contributed by atoms with van der Waals surface area (Å²) in [6.07, 6.45) is 1.38. The van der Waals surface area contributed by atoms with Gasteiger partial charge in [-0.25, -0.2) is 4.39 Å². The number of morpholine rings is 1. The molecule has 4 nitrogen and oxygen atoms in total. The van der Waals surface area contributed by atoms with Crippen LogP contribution in [-0.2, 0) is 16.1 Å². The molecular formula is C24H29FN2O2. The summed E-state index contributed by atoms with van der Waals surface area (Å²) in [5.41, 5.74) is 2.65. The zero-order valence-electron chi connectivity index (χ0n) is 17.2. The molecule has 2 saturated heterocycles. The Morgan fingerprint density at radius 2 is 1.66 bits per heavy atom. The van der Waals surface area contributed by atoms with Gasteiger partial charge in [-0.2, -0.15) is 0 Å². The molecule has 2 fully saturated rings. The van der Waals surface area contributed by atoms with Crippen LogP contribution < -0.4 is 4.90 Å². The molecule has 0 aliphatic carbocycles. The maximum atomic E-state index is 13.2. The number of piperidine rings is 1. The van der Waals surface area contributed by atoms with Gasteiger partial charge in [0.1, 0.15) is 11.4 Å². The molecule has 2 aromatic carbocycles. The summed E-state index contributed by atoms with van der Waals surface area (Å²) in [4.78, 5) is 17.4. The summed E-state index contributed by atoms with van der Waals surface area (Å²) in [6.45, 7) is 7.98. The van der Waals surface area contributed by atoms with E-state index >= 15 is 0 Å². The molecule has 0 aromatic heterocycles. The molecule has 0 N–H and O–H groups in total. The summed E-state index contributed by atoms with van der Waals surface area (Å²) in [5, 5.41) is 0. The minimum Gasteiger partial charge on any atom is -0.363 e. The van der Waals surface area contributed by atoms with E-state index in [-0.39, 0.29) is 11.7 Å². The van der Waals surface area contributed by atoms with Crippen LogP contribution in [0.25, 0.3) is 0 Å². The molecule has 4 rings (SSSR count). The van der Waals surface area contributed by atoms with Gasteiger partial charge in [0.25, 0.3) is 5.91 Å². The Kier molecular flexibility index (Phi) is 5.70. The Labute approximate surface area is 172 Å². The molecule has 2 aromatic rings. The van der Waals surface area contributed by atoms with E-state index in [1.807, 2.05) is 0 Å². The SMILES string of the molecule is CC(C)c1ccc(CN2CCC3(CC2)OCCN(c2ccc(F)cc2)C3=O)cc1. The van der Waals surface area contributed by atoms with Gasteiger partial charge in [-0.15, -0.1) is 0 Å². The molecule has 0 bridgehead atoms. The van der Waals surface area contributed by atoms with Crippen molar-refractivity contribution in [2.24, 2.45) is 0 Å². The van der Waals surface area contributed by atoms with Crippen molar-refractivity contribution in [3.05, 3.63) is 65.5 Å². The normalized spacial score (nSPS) is 19.9. The van der Waals surface area contributed by atoms with Crippen LogP contribution in [0.2, 0.25) is 0 Å². The average molecular weight is 397 g/mol. The lowest BCUT2D eigenvalue weighted by Crippen LogP contribution is -2.60. The summed E-state index contributed by atoms with van der Waals surface area (Å²) in [7, 11) is 0. The number of nitrogens with zero attached hydrogens (tertiary/aromatic N) is 2. The van der Waals surface area contributed by atoms with Crippen molar-refractivity contribution in [2.45, 2.75) is 44.8 Å². The molecule has 0 unspecified atom stereocenters. The monoisotopic (exact) mass is 396 g/mol. The fourth-order valence-electron chi connectivity index (χ4n) is 4.31. The van der Waals surface area contributed by atoms with E-state index in [2.05, 4.69) is 43.0 Å². The molecule has 1 spiro atoms. The van der Waals surface area contributed by atoms with Gasteiger partial charge in [0.15, 0.2) is 0 Å². The first-order chi connectivity index (χ1) is 14.0. The van der Waals surface area contributed by atoms with Crippen LogP contribution in [0.3, 0.4) is 0 Å². The molecule has 0 radical (unpaired) electrons. The second-order valence-corrected chi connectivity index (χ2v) is 8.45. The highest BCUT2D eigenvalue weighted by Gasteiger charge is 2.47. The van der Waals surface area contributed by atoms with Gasteiger partial charge in [-0.3, -0.25) is 9.69 Å². The molecular weight excluding hydrogens is 367 g/mol. The van der Waals surface area contributed by atoms with E-state index in [0.29, 0.717) is 31.9 Å². The largest absolute Gasteiger partial charge is 0.363 e. The lowest BCUT2D eigenvalue weighted by molar-refractivity contribution is -0.157. The fourth-order valence-corrected chi connectivity index (χ4v) is 4.31. The van der Waals surface area contributed by atoms with Crippen LogP contribution in [0.1, 0.15) is 43.7 Å². The third-order valence-electron chi connectivity index (χ3n) is 6.18. The zero-order chi connectivity index (χ0) is 20.4. The van der Waals surface area contributed by atoms with E-state index in [1.165, 1.54) is 23.3 Å². The van der Waals surface area contributed by atoms with Crippen LogP contribution in [0.4, 0.5) is 10.1 Å². The number of likely N-dealkylation sites (tertiary alicyclic amines) is 1. The van der Waals surface area contributed by atoms with E-state index in [9.17, 15) is 9.18 Å². The van der Waals surface area contributed by atoms with Gasteiger partial charge in [0.2, 0.25) is 0 Å². The lowest BCUT2D eigenvalue weighted by atomic mass is 9.88. The number of hydrogen-bond acceptors (Lipinski definition) is 3. The number of halogens is 1. The van der Waals surface area contributed by atoms with Crippen molar-refractivity contribution in [3.8, 4) is 0 Å². The Hall–Kier alpha value is -2.24. The summed E-state index contributed by atoms with van der Waals surface area (Å²) in [5.74, 6) is 0.257. The van der Waals surface area contributed by atoms with Gasteiger partial charge < -0.3 is 9.64 Å². The van der Waals surface area contributed by atoms with E-state index in [4.69, 9.17) is 4.74 Å². The number of carbonyl (C=O) groups is 1. The molecule has 0 saturated carbocycles. The molecule has 154 valence electrons. The maximum absolute atomic E-state index is 13.2. The van der Waals surface area contributed by atoms with Crippen molar-refractivity contribution in [1.82, 2.24) is 4.90 Å². The number of amides is 1. The average Bonchev–Trinajstić information content (AvgIpc) is 2.73. The number of rotatable bonds is 4. The second-order valence-electron chi connectivity index (χ2n) is 8.45. The van der Waals surface area contributed by atoms with Crippen molar-refractivity contribution < 1.29 is 13.9 Å². The predicted molar refractivity (Wildman–Crippen MR) is 112 cm³/mol. The molecule has 0 atom stereocenters. The number of benzene rings is 2. The van der Waals surface area contributed by atoms with Gasteiger partial charge in [0.05, 0.1) is 6.61 Å². The van der Waals surface area contributed by atoms with Crippen LogP contribution in [0.15, 0.2) is 48.5 Å². The van der Waals surface area contributed by atoms with E-state index < -0.39 is 5.60 Å². The Bertz CT molecular complexity index is 840. The number of carbonyl (C=O) groups excluding carboxylic acids is 1. The van der Waals surface area contributed by atoms with Crippen LogP contribution >= 0.6 is 0 Å². The molecule has 29 heavy (non-hydrogen) atoms. The molecule has 1 amide bonds. The summed E-state index contributed by atoms with van der Waals surface area (Å²) < 4.78 is 19.3. The highest BCUT2D eigenvalue weighted by Crippen LogP contribution is 2.34. The minimum atomic E-state index is -0.745. The van der Waals surface area contributed by atoms with E-state index in [0.717, 1.165) is 25.3 Å². The molecule has 2 aliphatic rings. The van der Waals surface area contributed by atoms with Crippen LogP contribution in [0, 0.1) is 5.82 Å². The van der Waals surface area contributed by atoms with Crippen molar-refractivity contribution in [1.29, 1.82) is 0 Å². The highest BCUT2D eigenvalue weighted by atomic mass is 19.1. The van der Waals surface area contributed by atoms with Crippen LogP contribution in [-0.4, -0.2) is 42.6 Å². The quantitative estimate of drug-likeness (QED) is 0.770. The van der Waals surface area contributed by atoms with Gasteiger partial charge >= 0.3 is 0 Å². The zero-order valence-corrected chi connectivity index (χ0v) is 17.2. The number of anilines is 1. The lowest BCUT2D eigenvalue weighted by Gasteiger charge is -2.46. The summed E-state index contributed by atoms with van der Waals surface area (Å²) >= 11 is 0. The van der Waals surface area contributed by atoms with Crippen molar-refractivity contribution in [3.63, 3.8) is 0 Å². The molecule has 2 heterocycles. The molecule has 2 aliphatic heterocycles. The topological polar surface area (TPSA) is 32.8 Å². The third-order valence-corrected chi connectivity index (χ3v) is 6.18. The van der Waals surface area contributed by atoms with Crippen LogP contribution in [0.5, 0.6) is 0 Å². The fraction of sp³-hybridized carbons (Fsp3) is 0.458. The molecule has 5 heteroatoms. The predicted octanol–water partition coefficient (Wildman–Crippen LogP) is 4.35. The Morgan fingerprint density at radius 3 is 2.28 bits per heavy atom. The number of hydrogen-bond donors (Lipinski definition) is 0. The van der Waals surface area contributed by atoms with Crippen molar-refractivity contribution >= 4 is 11.6 Å². The first kappa shape index (κ1) is 20.0. The first-order valence-electron chi connectivity index (χ1n) is 10.5. The highest BCUT2D eigenvalue weighted by molar-refractivity contribution is 6.00. The minimum absolute atomic E-state index is 0.0105. The first-order valence-corrected chi connectivity index (χ1v) is 10.5. The standard InChI is InChI=1S/C24H29FN2O2/c1-18(2)20-5-3-19(4-6-20)17-26-13-11-24(12-14-26)23(28)27(15-16-29-24)22-9-7-21(25)8-10-22/h3-10,18H,11-17H2,1-2H3. The van der Waals surface area contributed by atoms with Gasteiger partial charge in [-0.05, 0) is 54.2 Å². The smallest absolute Gasteiger partial charge is 0.259 e. The van der Waals surface area contributed by atoms with Gasteiger partial charge in [0, 0.05) is 31.9 Å². The Balaban J connectivity index is 1.39. The number of ether oxygens (including phenoxy) is 1.